The van der Waals surface area contributed by atoms with Crippen LogP contribution in [0.15, 0.2) is 163 Å². The Kier molecular flexibility index (Phi) is 41.3. The fourth-order valence-electron chi connectivity index (χ4n) is 14.0. The molecule has 4 fully saturated rings. The van der Waals surface area contributed by atoms with E-state index in [-0.39, 0.29) is 62.9 Å². The van der Waals surface area contributed by atoms with Gasteiger partial charge in [0.1, 0.15) is 109 Å². The van der Waals surface area contributed by atoms with Gasteiger partial charge < -0.3 is 182 Å². The van der Waals surface area contributed by atoms with Gasteiger partial charge in [0, 0.05) is 117 Å². The summed E-state index contributed by atoms with van der Waals surface area (Å²) in [5.41, 5.74) is -3.17. The molecule has 145 heavy (non-hydrogen) atoms. The molecule has 4 saturated heterocycles. The average molecular weight is 2210 g/mol. The first-order chi connectivity index (χ1) is 67.5. The summed E-state index contributed by atoms with van der Waals surface area (Å²) in [5, 5.41) is 128. The fourth-order valence-corrected chi connectivity index (χ4v) is 24.7. The predicted molar refractivity (Wildman–Crippen MR) is 472 cm³/mol. The molecule has 0 spiro atoms. The molecule has 0 radical (unpaired) electrons. The Hall–Kier alpha value is -9.36. The molecule has 0 aliphatic carbocycles. The van der Waals surface area contributed by atoms with E-state index in [1.54, 1.807) is 6.92 Å². The average Bonchev–Trinajstić information content (AvgIpc) is 1.63. The molecule has 5 aliphatic rings. The SMILES string of the molecule is C=C1NC(=O)C=CN1[C@@H]1O[C@H](COP(=O)([O-])OP(=O)([O-])Cc2c(CO)cccc2NC(C)=O)C(O)[C@@H]1O.CC(=O)Nc1c(CO)cccc1CP(=O)([O-])OP(=O)([O-])OC[C@H]1O[C@@H](n2ccc(=O)[nH]c2=O)[C@@H](O)C1O.CC(=O)Nc1cc(CO)ccc1CP(=O)([O-])OP(=O)([O-])OC[C@H]1O[C@@H](n2ccc(=O)[nH]c2=O)[C@@H](O)C1O.Cc1cc(CP(=O)([O-])OP(=O)([O-])OC[C@H]2O[C@@H](n3ccc(=O)[nH]c3=O)[C@@H](O)C2O)ccc1CO. The molecule has 69 heteroatoms. The molecule has 4 aromatic carbocycles. The number of aromatic amines is 3. The van der Waals surface area contributed by atoms with Crippen molar-refractivity contribution in [1.29, 1.82) is 0 Å². The first-order valence-electron chi connectivity index (χ1n) is 41.5. The largest absolute Gasteiger partial charge is 0.778 e. The number of aliphatic hydroxyl groups excluding tert-OH is 12. The molecule has 800 valence electrons. The zero-order valence-electron chi connectivity index (χ0n) is 75.2. The number of carbonyl (C=O) groups is 4. The molecule has 4 amide bonds. The zero-order chi connectivity index (χ0) is 108. The van der Waals surface area contributed by atoms with Crippen molar-refractivity contribution in [3.8, 4) is 0 Å². The number of carbonyl (C=O) groups excluding carboxylic acids is 4. The number of rotatable bonds is 39. The molecule has 0 saturated carbocycles. The lowest BCUT2D eigenvalue weighted by molar-refractivity contribution is -0.236. The molecule has 24 atom stereocenters. The standard InChI is InChI=1S/C20H27N3O12P2.2C19H25N3O13P2.C18H24N2O12P2/c1-11-21-17(26)6-7-23(11)20-19(28)18(27)16(34-20)9-33-37(31,32)35-36(29,30)10-14-13(8-24)4-3-5-15(14)22-12(2)25;1-10(24)20-13-6-11(7-23)2-3-12(13)9-36(29,30)35-37(31,32)33-8-14-16(26)17(27)18(34-14)22-5-4-15(25)21-19(22)28;1-10(24)20-15-11(7-23)3-2-4-12(15)9-36(29,30)35-37(31,32)33-8-13-16(26)17(27)18(34-13)22-6-5-14(25)21-19(22)28;1-10-6-11(2-3-12(10)7-21)9-33(26,27)32-34(28,29)30-8-13-15(23)16(24)17(31-13)20-5-4-14(22)19-18(20)25/h3-7,16,18-20,24,27-28H,1,8-10H2,2H3,(H,21,26)(H,22,25)(H,29,30)(H,31,32);2-6,14,16-18,23,26-27H,7-9H2,1H3,(H,20,24)(H,29,30)(H,31,32)(H,21,25,28);2-6,13,16-18,23,26-27H,7-9H2,1H3,(H,20,24)(H,29,30)(H,31,32)(H,21,25,28);2-6,13,15-17,21,23-24H,7-9H2,1H3,(H,26,27)(H,28,29)(H,19,22,25)/p-8/t16-,18?,19+,20-;14-,16?,17+,18-;13-,16?,17+,18-;13-,15?,16+,17-/m1111/s1. The van der Waals surface area contributed by atoms with E-state index in [2.05, 4.69) is 63.2 Å². The van der Waals surface area contributed by atoms with Gasteiger partial charge in [-0.2, -0.15) is 0 Å². The number of phosphoric ester groups is 4. The lowest BCUT2D eigenvalue weighted by Gasteiger charge is -2.33. The maximum atomic E-state index is 12.5. The molecule has 12 unspecified atom stereocenters. The second-order valence-corrected chi connectivity index (χ2v) is 45.0. The maximum Gasteiger partial charge on any atom is 0.330 e. The first kappa shape index (κ1) is 119. The van der Waals surface area contributed by atoms with Crippen molar-refractivity contribution in [2.45, 2.75) is 177 Å². The van der Waals surface area contributed by atoms with E-state index >= 15 is 0 Å². The Labute approximate surface area is 814 Å². The van der Waals surface area contributed by atoms with E-state index < -0.39 is 288 Å². The lowest BCUT2D eigenvalue weighted by Crippen LogP contribution is -2.46. The summed E-state index contributed by atoms with van der Waals surface area (Å²) in [6.45, 7) is 3.10. The molecular weight excluding hydrogens is 2110 g/mol. The van der Waals surface area contributed by atoms with Crippen LogP contribution in [-0.4, -0.2) is 224 Å². The second-order valence-electron chi connectivity index (χ2n) is 31.6. The van der Waals surface area contributed by atoms with E-state index in [0.29, 0.717) is 16.7 Å². The smallest absolute Gasteiger partial charge is 0.330 e. The monoisotopic (exact) mass is 2210 g/mol. The van der Waals surface area contributed by atoms with Gasteiger partial charge >= 0.3 is 17.1 Å². The van der Waals surface area contributed by atoms with Gasteiger partial charge in [-0.05, 0) is 63.6 Å². The van der Waals surface area contributed by atoms with Gasteiger partial charge in [-0.3, -0.25) is 97.7 Å². The Morgan fingerprint density at radius 2 is 0.745 bits per heavy atom. The molecule has 19 N–H and O–H groups in total. The fraction of sp³-hybridized carbons (Fsp3) is 0.421. The van der Waals surface area contributed by atoms with Crippen LogP contribution in [0.1, 0.15) is 89.5 Å². The minimum atomic E-state index is -5.57. The number of nitrogens with zero attached hydrogens (tertiary/aromatic N) is 4. The van der Waals surface area contributed by atoms with E-state index in [0.717, 1.165) is 70.4 Å². The van der Waals surface area contributed by atoms with E-state index in [9.17, 15) is 185 Å². The lowest BCUT2D eigenvalue weighted by atomic mass is 10.1. The number of nitrogens with one attached hydrogen (secondary N) is 7. The van der Waals surface area contributed by atoms with Crippen LogP contribution >= 0.6 is 61.7 Å². The quantitative estimate of drug-likeness (QED) is 0.0159. The summed E-state index contributed by atoms with van der Waals surface area (Å²) in [6.07, 6.45) is -23.8. The van der Waals surface area contributed by atoms with Gasteiger partial charge in [0.25, 0.3) is 53.9 Å². The molecule has 8 heterocycles. The predicted octanol–water partition coefficient (Wildman–Crippen LogP) is -7.51. The summed E-state index contributed by atoms with van der Waals surface area (Å²) in [7, 11) is -42.7. The highest BCUT2D eigenvalue weighted by molar-refractivity contribution is 7.63. The second kappa shape index (κ2) is 50.3. The van der Waals surface area contributed by atoms with Crippen LogP contribution in [0.3, 0.4) is 0 Å². The number of H-pyrrole nitrogens is 3. The van der Waals surface area contributed by atoms with Crippen LogP contribution < -0.4 is 94.2 Å². The normalized spacial score (nSPS) is 25.7. The highest BCUT2D eigenvalue weighted by atomic mass is 31.3. The third-order valence-corrected chi connectivity index (χ3v) is 32.6. The summed E-state index contributed by atoms with van der Waals surface area (Å²) < 4.78 is 157. The summed E-state index contributed by atoms with van der Waals surface area (Å²) >= 11 is 0. The Morgan fingerprint density at radius 1 is 0.400 bits per heavy atom. The Morgan fingerprint density at radius 3 is 1.12 bits per heavy atom. The van der Waals surface area contributed by atoms with E-state index in [1.807, 2.05) is 15.0 Å². The number of aliphatic hydroxyl groups is 12. The number of para-hydroxylation sites is 1. The van der Waals surface area contributed by atoms with Crippen LogP contribution in [0.4, 0.5) is 17.1 Å². The van der Waals surface area contributed by atoms with Crippen LogP contribution in [-0.2, 0) is 161 Å². The molecule has 12 rings (SSSR count). The minimum Gasteiger partial charge on any atom is -0.778 e. The number of ether oxygens (including phenoxy) is 4. The Balaban J connectivity index is 0.000000215. The third kappa shape index (κ3) is 33.8. The van der Waals surface area contributed by atoms with Crippen LogP contribution in [0.2, 0.25) is 0 Å². The summed E-state index contributed by atoms with van der Waals surface area (Å²) in [5.74, 6) is -2.10. The van der Waals surface area contributed by atoms with Gasteiger partial charge in [0.15, 0.2) is 24.9 Å². The van der Waals surface area contributed by atoms with Crippen LogP contribution in [0, 0.1) is 6.92 Å². The molecule has 3 aromatic heterocycles. The van der Waals surface area contributed by atoms with Crippen LogP contribution in [0.25, 0.3) is 0 Å². The molecular formula is C76H93N11O50P8-8. The number of anilines is 3. The van der Waals surface area contributed by atoms with Crippen molar-refractivity contribution in [3.05, 3.63) is 247 Å². The summed E-state index contributed by atoms with van der Waals surface area (Å²) in [6, 6.07) is 19.4. The highest BCUT2D eigenvalue weighted by Gasteiger charge is 2.50. The topological polar surface area (TPSA) is 959 Å². The van der Waals surface area contributed by atoms with Gasteiger partial charge in [-0.25, -0.2) is 14.4 Å². The van der Waals surface area contributed by atoms with E-state index in [4.69, 9.17) is 18.9 Å². The Bertz CT molecular complexity index is 6720. The zero-order valence-corrected chi connectivity index (χ0v) is 82.4. The number of benzene rings is 4. The van der Waals surface area contributed by atoms with Gasteiger partial charge in [-0.15, -0.1) is 0 Å². The number of amides is 4. The van der Waals surface area contributed by atoms with Crippen molar-refractivity contribution >= 4 is 102 Å². The number of hydrogen-bond donors (Lipinski definition) is 19. The number of aromatic nitrogens is 6. The minimum absolute atomic E-state index is 0.0142. The number of hydrogen-bond acceptors (Lipinski definition) is 51. The number of aryl methyl sites for hydroxylation is 1. The first-order valence-corrected chi connectivity index (χ1v) is 54.3. The molecule has 61 nitrogen and oxygen atoms in total. The molecule has 0 bridgehead atoms. The third-order valence-electron chi connectivity index (χ3n) is 20.6. The van der Waals surface area contributed by atoms with Crippen molar-refractivity contribution in [3.63, 3.8) is 0 Å². The van der Waals surface area contributed by atoms with Crippen molar-refractivity contribution < 1.29 is 210 Å². The molecule has 5 aliphatic heterocycles. The summed E-state index contributed by atoms with van der Waals surface area (Å²) in [4.78, 5) is 220. The van der Waals surface area contributed by atoms with Crippen molar-refractivity contribution in [1.82, 2.24) is 38.9 Å². The van der Waals surface area contributed by atoms with Crippen LogP contribution in [0.5, 0.6) is 0 Å². The number of phosphoric acid groups is 4. The van der Waals surface area contributed by atoms with E-state index in [1.165, 1.54) is 90.8 Å². The maximum absolute atomic E-state index is 12.5. The van der Waals surface area contributed by atoms with Gasteiger partial charge in [0.2, 0.25) is 17.7 Å². The van der Waals surface area contributed by atoms with Gasteiger partial charge in [0.05, 0.1) is 52.9 Å². The molecule has 7 aromatic rings. The van der Waals surface area contributed by atoms with Gasteiger partial charge in [-0.1, -0.05) is 67.2 Å². The highest BCUT2D eigenvalue weighted by Crippen LogP contribution is 2.61. The van der Waals surface area contributed by atoms with Crippen molar-refractivity contribution in [2.75, 3.05) is 42.4 Å². The van der Waals surface area contributed by atoms with Crippen molar-refractivity contribution in [2.24, 2.45) is 0 Å².